The second-order valence-corrected chi connectivity index (χ2v) is 14.7. The number of hydrogen-bond donors (Lipinski definition) is 3. The Labute approximate surface area is 347 Å². The van der Waals surface area contributed by atoms with E-state index in [9.17, 15) is 29.7 Å². The Morgan fingerprint density at radius 2 is 0.719 bits per heavy atom. The minimum atomic E-state index is -3.06. The number of hydrogen-bond acceptors (Lipinski definition) is 6. The van der Waals surface area contributed by atoms with Gasteiger partial charge in [0.2, 0.25) is 5.60 Å². The molecular formula is C51H78O6. The van der Waals surface area contributed by atoms with Gasteiger partial charge in [0.05, 0.1) is 0 Å². The van der Waals surface area contributed by atoms with E-state index in [1.54, 1.807) is 36.5 Å². The van der Waals surface area contributed by atoms with E-state index in [0.717, 1.165) is 50.7 Å². The number of carbonyl (C=O) groups excluding carboxylic acids is 3. The minimum Gasteiger partial charge on any atom is -0.386 e. The molecule has 0 amide bonds. The Bertz CT molecular complexity index is 1250. The van der Waals surface area contributed by atoms with Crippen LogP contribution in [0.4, 0.5) is 0 Å². The molecular weight excluding hydrogens is 709 g/mol. The number of Topliss-reactive ketones (excluding diaryl/α,β-unsaturated/α-hetero) is 1. The molecule has 0 rings (SSSR count). The van der Waals surface area contributed by atoms with Crippen LogP contribution >= 0.6 is 0 Å². The number of aliphatic hydroxyl groups is 3. The van der Waals surface area contributed by atoms with Gasteiger partial charge in [-0.1, -0.05) is 233 Å². The minimum absolute atomic E-state index is 0.0386. The number of allylic oxidation sites excluding steroid dienone is 18. The molecule has 6 nitrogen and oxygen atoms in total. The maximum absolute atomic E-state index is 13.3. The molecule has 57 heavy (non-hydrogen) atoms. The molecule has 6 heteroatoms. The summed E-state index contributed by atoms with van der Waals surface area (Å²) in [6.07, 6.45) is 54.2. The smallest absolute Gasteiger partial charge is 0.218 e. The van der Waals surface area contributed by atoms with Crippen molar-refractivity contribution in [3.8, 4) is 0 Å². The predicted molar refractivity (Wildman–Crippen MR) is 242 cm³/mol. The molecule has 0 aliphatic heterocycles. The van der Waals surface area contributed by atoms with Crippen LogP contribution in [0.2, 0.25) is 0 Å². The lowest BCUT2D eigenvalue weighted by molar-refractivity contribution is -0.169. The fourth-order valence-corrected chi connectivity index (χ4v) is 5.97. The molecule has 0 bridgehead atoms. The zero-order chi connectivity index (χ0) is 42.1. The fourth-order valence-electron chi connectivity index (χ4n) is 5.97. The third-order valence-electron chi connectivity index (χ3n) is 9.61. The summed E-state index contributed by atoms with van der Waals surface area (Å²) < 4.78 is 0. The standard InChI is InChI=1S/C51H78O6/c1-4-7-10-13-15-17-19-21-23-25-27-29-31-33-35-38-41-44-47(53)51(57,50(56)49(55)46(52)43-40-37-12-9-6-3)48(54)45-42-39-36-34-32-30-28-26-24-22-20-18-16-14-11-8-5-2/h23-36,38-39,41-42,44-45,49-50,55-57H,4-22,37,40,43H2,1-3H3. The van der Waals surface area contributed by atoms with E-state index in [2.05, 4.69) is 32.9 Å². The number of unbranched alkanes of at least 4 members (excludes halogenated alkanes) is 18. The van der Waals surface area contributed by atoms with Crippen LogP contribution in [0.15, 0.2) is 122 Å². The van der Waals surface area contributed by atoms with Gasteiger partial charge in [0.1, 0.15) is 12.2 Å². The lowest BCUT2D eigenvalue weighted by Crippen LogP contribution is -2.60. The molecule has 0 aromatic heterocycles. The lowest BCUT2D eigenvalue weighted by atomic mass is 9.82. The van der Waals surface area contributed by atoms with Crippen molar-refractivity contribution in [1.29, 1.82) is 0 Å². The SMILES string of the molecule is CCCCCCCCCC=CC=CC=CC=CC=CC(=O)C(O)(C(=O)C=CC=CC=CC=CC=CCCCCCCCCC)C(O)C(O)C(=O)CCCCCCC. The second-order valence-electron chi connectivity index (χ2n) is 14.7. The first kappa shape index (κ1) is 53.3. The number of ketones is 3. The van der Waals surface area contributed by atoms with Gasteiger partial charge in [-0.3, -0.25) is 14.4 Å². The molecule has 0 fully saturated rings. The monoisotopic (exact) mass is 787 g/mol. The Morgan fingerprint density at radius 1 is 0.421 bits per heavy atom. The van der Waals surface area contributed by atoms with Crippen LogP contribution in [-0.4, -0.2) is 50.5 Å². The van der Waals surface area contributed by atoms with Crippen molar-refractivity contribution >= 4 is 17.3 Å². The third-order valence-corrected chi connectivity index (χ3v) is 9.61. The molecule has 0 heterocycles. The van der Waals surface area contributed by atoms with Gasteiger partial charge in [-0.15, -0.1) is 0 Å². The molecule has 0 aliphatic rings. The van der Waals surface area contributed by atoms with E-state index >= 15 is 0 Å². The van der Waals surface area contributed by atoms with E-state index in [-0.39, 0.29) is 6.42 Å². The van der Waals surface area contributed by atoms with Crippen LogP contribution in [0.3, 0.4) is 0 Å². The average molecular weight is 787 g/mol. The van der Waals surface area contributed by atoms with Crippen LogP contribution in [-0.2, 0) is 14.4 Å². The summed E-state index contributed by atoms with van der Waals surface area (Å²) in [5.74, 6) is -3.02. The highest BCUT2D eigenvalue weighted by Gasteiger charge is 2.51. The Kier molecular flexibility index (Phi) is 36.6. The van der Waals surface area contributed by atoms with Crippen molar-refractivity contribution in [1.82, 2.24) is 0 Å². The summed E-state index contributed by atoms with van der Waals surface area (Å²) in [6.45, 7) is 6.54. The molecule has 2 unspecified atom stereocenters. The van der Waals surface area contributed by atoms with Gasteiger partial charge in [-0.05, 0) is 44.3 Å². The zero-order valence-corrected chi connectivity index (χ0v) is 35.8. The topological polar surface area (TPSA) is 112 Å². The number of rotatable bonds is 37. The van der Waals surface area contributed by atoms with Gasteiger partial charge >= 0.3 is 0 Å². The zero-order valence-electron chi connectivity index (χ0n) is 35.8. The van der Waals surface area contributed by atoms with Crippen LogP contribution < -0.4 is 0 Å². The van der Waals surface area contributed by atoms with Crippen LogP contribution in [0.5, 0.6) is 0 Å². The molecule has 0 aromatic carbocycles. The molecule has 0 aromatic rings. The van der Waals surface area contributed by atoms with E-state index in [1.807, 2.05) is 48.6 Å². The van der Waals surface area contributed by atoms with Crippen molar-refractivity contribution < 1.29 is 29.7 Å². The molecule has 0 saturated carbocycles. The summed E-state index contributed by atoms with van der Waals surface area (Å²) in [6, 6.07) is 0. The van der Waals surface area contributed by atoms with Crippen LogP contribution in [0.1, 0.15) is 162 Å². The summed E-state index contributed by atoms with van der Waals surface area (Å²) >= 11 is 0. The lowest BCUT2D eigenvalue weighted by Gasteiger charge is -2.30. The largest absolute Gasteiger partial charge is 0.386 e. The van der Waals surface area contributed by atoms with Crippen molar-refractivity contribution in [3.63, 3.8) is 0 Å². The highest BCUT2D eigenvalue weighted by atomic mass is 16.4. The van der Waals surface area contributed by atoms with Gasteiger partial charge < -0.3 is 15.3 Å². The predicted octanol–water partition coefficient (Wildman–Crippen LogP) is 12.4. The Morgan fingerprint density at radius 3 is 1.09 bits per heavy atom. The maximum Gasteiger partial charge on any atom is 0.218 e. The summed E-state index contributed by atoms with van der Waals surface area (Å²) in [5, 5.41) is 33.0. The third kappa shape index (κ3) is 29.2. The van der Waals surface area contributed by atoms with Gasteiger partial charge in [-0.2, -0.15) is 0 Å². The molecule has 0 spiro atoms. The van der Waals surface area contributed by atoms with Gasteiger partial charge in [0, 0.05) is 6.42 Å². The fraction of sp³-hybridized carbons (Fsp3) is 0.549. The summed E-state index contributed by atoms with van der Waals surface area (Å²) in [7, 11) is 0. The van der Waals surface area contributed by atoms with Gasteiger partial charge in [0.15, 0.2) is 17.3 Å². The summed E-state index contributed by atoms with van der Waals surface area (Å²) in [4.78, 5) is 39.3. The highest BCUT2D eigenvalue weighted by Crippen LogP contribution is 2.21. The molecule has 0 radical (unpaired) electrons. The highest BCUT2D eigenvalue weighted by molar-refractivity contribution is 6.19. The van der Waals surface area contributed by atoms with Crippen molar-refractivity contribution in [2.75, 3.05) is 0 Å². The first-order valence-electron chi connectivity index (χ1n) is 22.1. The van der Waals surface area contributed by atoms with Crippen molar-refractivity contribution in [2.45, 2.75) is 180 Å². The number of aliphatic hydroxyl groups excluding tert-OH is 2. The van der Waals surface area contributed by atoms with Crippen molar-refractivity contribution in [3.05, 3.63) is 122 Å². The molecule has 3 N–H and O–H groups in total. The quantitative estimate of drug-likeness (QED) is 0.0250. The van der Waals surface area contributed by atoms with E-state index in [1.165, 1.54) is 102 Å². The normalized spacial score (nSPS) is 15.2. The van der Waals surface area contributed by atoms with Crippen LogP contribution in [0.25, 0.3) is 0 Å². The van der Waals surface area contributed by atoms with Gasteiger partial charge in [-0.25, -0.2) is 0 Å². The molecule has 0 aliphatic carbocycles. The van der Waals surface area contributed by atoms with E-state index in [0.29, 0.717) is 6.42 Å². The number of carbonyl (C=O) groups is 3. The Hall–Kier alpha value is -3.71. The van der Waals surface area contributed by atoms with E-state index in [4.69, 9.17) is 0 Å². The molecule has 0 saturated heterocycles. The Balaban J connectivity index is 5.30. The maximum atomic E-state index is 13.3. The van der Waals surface area contributed by atoms with Crippen molar-refractivity contribution in [2.24, 2.45) is 0 Å². The molecule has 318 valence electrons. The first-order valence-corrected chi connectivity index (χ1v) is 22.1. The summed E-state index contributed by atoms with van der Waals surface area (Å²) in [5.41, 5.74) is -3.06. The molecule has 2 atom stereocenters. The van der Waals surface area contributed by atoms with Crippen LogP contribution in [0, 0.1) is 0 Å². The first-order chi connectivity index (χ1) is 27.8. The average Bonchev–Trinajstić information content (AvgIpc) is 3.21. The second kappa shape index (κ2) is 39.1. The van der Waals surface area contributed by atoms with Gasteiger partial charge in [0.25, 0.3) is 0 Å². The van der Waals surface area contributed by atoms with E-state index < -0.39 is 35.2 Å².